The van der Waals surface area contributed by atoms with Gasteiger partial charge in [0.05, 0.1) is 0 Å². The minimum Gasteiger partial charge on any atom is -0.399 e. The second-order valence-electron chi connectivity index (χ2n) is 6.15. The highest BCUT2D eigenvalue weighted by Crippen LogP contribution is 2.56. The number of carbonyl (C=O) groups excluding carboxylic acids is 1. The van der Waals surface area contributed by atoms with Crippen molar-refractivity contribution in [1.82, 2.24) is 0 Å². The van der Waals surface area contributed by atoms with Gasteiger partial charge in [-0.25, -0.2) is 0 Å². The SMILES string of the molecule is Nc1ccc2c(c1)CC1(CC3C=CC1C3)C(=O)C2. The number of rotatable bonds is 0. The summed E-state index contributed by atoms with van der Waals surface area (Å²) in [7, 11) is 0. The van der Waals surface area contributed by atoms with Gasteiger partial charge in [-0.05, 0) is 54.4 Å². The molecule has 4 rings (SSSR count). The molecule has 2 nitrogen and oxygen atoms in total. The van der Waals surface area contributed by atoms with Gasteiger partial charge in [-0.1, -0.05) is 18.2 Å². The largest absolute Gasteiger partial charge is 0.399 e. The van der Waals surface area contributed by atoms with Crippen molar-refractivity contribution < 1.29 is 4.79 Å². The molecular formula is C16H17NO. The van der Waals surface area contributed by atoms with Gasteiger partial charge < -0.3 is 5.73 Å². The lowest BCUT2D eigenvalue weighted by Gasteiger charge is -2.38. The lowest BCUT2D eigenvalue weighted by atomic mass is 9.63. The van der Waals surface area contributed by atoms with Crippen LogP contribution in [-0.2, 0) is 17.6 Å². The van der Waals surface area contributed by atoms with Crippen LogP contribution in [0.15, 0.2) is 30.4 Å². The fourth-order valence-electron chi connectivity index (χ4n) is 4.25. The monoisotopic (exact) mass is 239 g/mol. The average molecular weight is 239 g/mol. The van der Waals surface area contributed by atoms with E-state index in [2.05, 4.69) is 18.2 Å². The topological polar surface area (TPSA) is 43.1 Å². The molecule has 1 aromatic rings. The molecular weight excluding hydrogens is 222 g/mol. The van der Waals surface area contributed by atoms with Crippen molar-refractivity contribution in [3.63, 3.8) is 0 Å². The van der Waals surface area contributed by atoms with Crippen LogP contribution in [0, 0.1) is 17.3 Å². The third-order valence-electron chi connectivity index (χ3n) is 5.15. The Morgan fingerprint density at radius 3 is 2.83 bits per heavy atom. The first-order valence-electron chi connectivity index (χ1n) is 6.76. The summed E-state index contributed by atoms with van der Waals surface area (Å²) in [4.78, 5) is 12.6. The molecule has 3 atom stereocenters. The molecule has 0 saturated heterocycles. The van der Waals surface area contributed by atoms with Crippen molar-refractivity contribution in [2.24, 2.45) is 17.3 Å². The zero-order chi connectivity index (χ0) is 12.3. The fraction of sp³-hybridized carbons (Fsp3) is 0.438. The summed E-state index contributed by atoms with van der Waals surface area (Å²) < 4.78 is 0. The maximum absolute atomic E-state index is 12.6. The van der Waals surface area contributed by atoms with E-state index in [9.17, 15) is 4.79 Å². The molecule has 1 spiro atoms. The van der Waals surface area contributed by atoms with E-state index in [0.717, 1.165) is 18.5 Å². The number of anilines is 1. The van der Waals surface area contributed by atoms with E-state index in [0.29, 0.717) is 24.0 Å². The summed E-state index contributed by atoms with van der Waals surface area (Å²) >= 11 is 0. The summed E-state index contributed by atoms with van der Waals surface area (Å²) in [5.41, 5.74) is 9.09. The Kier molecular flexibility index (Phi) is 1.87. The van der Waals surface area contributed by atoms with E-state index >= 15 is 0 Å². The first-order chi connectivity index (χ1) is 8.67. The number of carbonyl (C=O) groups is 1. The average Bonchev–Trinajstić information content (AvgIpc) is 2.92. The molecule has 1 saturated carbocycles. The van der Waals surface area contributed by atoms with Gasteiger partial charge in [0.15, 0.2) is 0 Å². The molecule has 92 valence electrons. The third-order valence-corrected chi connectivity index (χ3v) is 5.15. The van der Waals surface area contributed by atoms with Gasteiger partial charge >= 0.3 is 0 Å². The Bertz CT molecular complexity index is 574. The number of hydrogen-bond donors (Lipinski definition) is 1. The summed E-state index contributed by atoms with van der Waals surface area (Å²) in [5.74, 6) is 1.57. The zero-order valence-electron chi connectivity index (χ0n) is 10.4. The number of nitrogen functional groups attached to an aromatic ring is 1. The van der Waals surface area contributed by atoms with E-state index in [-0.39, 0.29) is 5.41 Å². The van der Waals surface area contributed by atoms with Crippen molar-refractivity contribution in [3.8, 4) is 0 Å². The lowest BCUT2D eigenvalue weighted by Crippen LogP contribution is -2.41. The van der Waals surface area contributed by atoms with E-state index in [1.165, 1.54) is 17.5 Å². The predicted molar refractivity (Wildman–Crippen MR) is 71.1 cm³/mol. The second-order valence-corrected chi connectivity index (χ2v) is 6.15. The summed E-state index contributed by atoms with van der Waals surface area (Å²) in [6.07, 6.45) is 8.33. The Balaban J connectivity index is 1.80. The van der Waals surface area contributed by atoms with Crippen molar-refractivity contribution in [3.05, 3.63) is 41.5 Å². The van der Waals surface area contributed by atoms with Gasteiger partial charge in [0, 0.05) is 17.5 Å². The third kappa shape index (κ3) is 1.21. The lowest BCUT2D eigenvalue weighted by molar-refractivity contribution is -0.130. The van der Waals surface area contributed by atoms with E-state index in [1.807, 2.05) is 12.1 Å². The number of Topliss-reactive ketones (excluding diaryl/α,β-unsaturated/α-hetero) is 1. The van der Waals surface area contributed by atoms with Crippen LogP contribution in [0.3, 0.4) is 0 Å². The van der Waals surface area contributed by atoms with Crippen LogP contribution in [0.1, 0.15) is 24.0 Å². The Morgan fingerprint density at radius 1 is 1.22 bits per heavy atom. The van der Waals surface area contributed by atoms with Crippen molar-refractivity contribution in [2.45, 2.75) is 25.7 Å². The van der Waals surface area contributed by atoms with Gasteiger partial charge in [0.1, 0.15) is 5.78 Å². The Morgan fingerprint density at radius 2 is 2.11 bits per heavy atom. The molecule has 2 heteroatoms. The molecule has 0 aliphatic heterocycles. The maximum atomic E-state index is 12.6. The molecule has 2 N–H and O–H groups in total. The van der Waals surface area contributed by atoms with E-state index in [4.69, 9.17) is 5.73 Å². The molecule has 1 aromatic carbocycles. The van der Waals surface area contributed by atoms with Crippen LogP contribution in [0.2, 0.25) is 0 Å². The Hall–Kier alpha value is -1.57. The molecule has 3 aliphatic rings. The first kappa shape index (κ1) is 10.4. The van der Waals surface area contributed by atoms with Crippen LogP contribution in [0.5, 0.6) is 0 Å². The number of benzene rings is 1. The standard InChI is InChI=1S/C16H17NO/c17-14-4-2-11-7-15(18)16(9-12(11)6-14)8-10-1-3-13(16)5-10/h1-4,6,10,13H,5,7-9,17H2. The smallest absolute Gasteiger partial charge is 0.144 e. The summed E-state index contributed by atoms with van der Waals surface area (Å²) in [6.45, 7) is 0. The molecule has 0 amide bonds. The summed E-state index contributed by atoms with van der Waals surface area (Å²) in [6, 6.07) is 6.00. The zero-order valence-corrected chi connectivity index (χ0v) is 10.4. The maximum Gasteiger partial charge on any atom is 0.144 e. The quantitative estimate of drug-likeness (QED) is 0.558. The summed E-state index contributed by atoms with van der Waals surface area (Å²) in [5, 5.41) is 0. The normalized spacial score (nSPS) is 36.3. The van der Waals surface area contributed by atoms with Crippen LogP contribution >= 0.6 is 0 Å². The van der Waals surface area contributed by atoms with Gasteiger partial charge in [-0.2, -0.15) is 0 Å². The van der Waals surface area contributed by atoms with Crippen LogP contribution in [0.4, 0.5) is 5.69 Å². The number of ketones is 1. The van der Waals surface area contributed by atoms with E-state index < -0.39 is 0 Å². The van der Waals surface area contributed by atoms with Crippen LogP contribution in [0.25, 0.3) is 0 Å². The number of allylic oxidation sites excluding steroid dienone is 2. The predicted octanol–water partition coefficient (Wildman–Crippen LogP) is 2.52. The molecule has 3 unspecified atom stereocenters. The minimum absolute atomic E-state index is 0.0970. The molecule has 0 aromatic heterocycles. The highest BCUT2D eigenvalue weighted by atomic mass is 16.1. The van der Waals surface area contributed by atoms with Crippen LogP contribution < -0.4 is 5.73 Å². The van der Waals surface area contributed by atoms with Gasteiger partial charge in [-0.15, -0.1) is 0 Å². The van der Waals surface area contributed by atoms with Gasteiger partial charge in [-0.3, -0.25) is 4.79 Å². The molecule has 0 radical (unpaired) electrons. The minimum atomic E-state index is -0.0970. The molecule has 1 fully saturated rings. The highest BCUT2D eigenvalue weighted by Gasteiger charge is 2.54. The number of hydrogen-bond acceptors (Lipinski definition) is 2. The Labute approximate surface area is 107 Å². The van der Waals surface area contributed by atoms with Gasteiger partial charge in [0.2, 0.25) is 0 Å². The molecule has 0 heterocycles. The molecule has 3 aliphatic carbocycles. The highest BCUT2D eigenvalue weighted by molar-refractivity contribution is 5.90. The van der Waals surface area contributed by atoms with E-state index in [1.54, 1.807) is 0 Å². The number of fused-ring (bicyclic) bond motifs is 4. The van der Waals surface area contributed by atoms with Crippen LogP contribution in [-0.4, -0.2) is 5.78 Å². The van der Waals surface area contributed by atoms with Gasteiger partial charge in [0.25, 0.3) is 0 Å². The first-order valence-corrected chi connectivity index (χ1v) is 6.76. The molecule has 2 bridgehead atoms. The van der Waals surface area contributed by atoms with Crippen molar-refractivity contribution in [2.75, 3.05) is 5.73 Å². The molecule has 18 heavy (non-hydrogen) atoms. The number of nitrogens with two attached hydrogens (primary N) is 1. The van der Waals surface area contributed by atoms with Crippen molar-refractivity contribution in [1.29, 1.82) is 0 Å². The fourth-order valence-corrected chi connectivity index (χ4v) is 4.25. The second kappa shape index (κ2) is 3.25. The van der Waals surface area contributed by atoms with Crippen molar-refractivity contribution >= 4 is 11.5 Å².